The normalized spacial score (nSPS) is 15.9. The van der Waals surface area contributed by atoms with Crippen LogP contribution in [0, 0.1) is 13.8 Å². The molecule has 1 N–H and O–H groups in total. The highest BCUT2D eigenvalue weighted by molar-refractivity contribution is 5.89. The minimum atomic E-state index is 0. The lowest BCUT2D eigenvalue weighted by Crippen LogP contribution is -2.34. The largest absolute Gasteiger partial charge is 0.490 e. The van der Waals surface area contributed by atoms with Crippen LogP contribution in [0.2, 0.25) is 0 Å². The fourth-order valence-corrected chi connectivity index (χ4v) is 2.77. The van der Waals surface area contributed by atoms with Gasteiger partial charge in [-0.05, 0) is 68.4 Å². The lowest BCUT2D eigenvalue weighted by molar-refractivity contribution is 0.161. The number of hydrogen-bond acceptors (Lipinski definition) is 3. The van der Waals surface area contributed by atoms with Crippen LogP contribution in [0.1, 0.15) is 24.0 Å². The maximum Gasteiger partial charge on any atom is 0.123 e. The van der Waals surface area contributed by atoms with Gasteiger partial charge in [0.2, 0.25) is 0 Å². The molecule has 1 saturated heterocycles. The maximum atomic E-state index is 6.21. The molecule has 3 rings (SSSR count). The summed E-state index contributed by atoms with van der Waals surface area (Å²) in [7, 11) is 0. The standard InChI is InChI=1S/C16H20N2O.ClH/c1-11-9-16(19-13-3-6-17-7-4-13)12(2)14-5-8-18-10-15(11)14;/h5,8-10,13,17H,3-4,6-7H2,1-2H3;1H. The number of pyridine rings is 1. The van der Waals surface area contributed by atoms with E-state index in [-0.39, 0.29) is 12.4 Å². The van der Waals surface area contributed by atoms with Crippen molar-refractivity contribution in [3.05, 3.63) is 35.7 Å². The number of rotatable bonds is 2. The van der Waals surface area contributed by atoms with Crippen LogP contribution in [0.25, 0.3) is 10.8 Å². The van der Waals surface area contributed by atoms with Crippen LogP contribution in [0.4, 0.5) is 0 Å². The predicted molar refractivity (Wildman–Crippen MR) is 85.0 cm³/mol. The molecule has 0 unspecified atom stereocenters. The van der Waals surface area contributed by atoms with E-state index in [0.717, 1.165) is 31.7 Å². The minimum absolute atomic E-state index is 0. The number of piperidine rings is 1. The number of aromatic nitrogens is 1. The summed E-state index contributed by atoms with van der Waals surface area (Å²) >= 11 is 0. The third-order valence-electron chi connectivity index (χ3n) is 3.95. The molecule has 1 fully saturated rings. The summed E-state index contributed by atoms with van der Waals surface area (Å²) in [4.78, 5) is 4.21. The Balaban J connectivity index is 0.00000147. The molecule has 0 saturated carbocycles. The second kappa shape index (κ2) is 6.42. The predicted octanol–water partition coefficient (Wildman–Crippen LogP) is 3.40. The molecule has 0 radical (unpaired) electrons. The Bertz CT molecular complexity index is 594. The molecule has 108 valence electrons. The zero-order chi connectivity index (χ0) is 13.2. The van der Waals surface area contributed by atoms with Gasteiger partial charge in [0.25, 0.3) is 0 Å². The molecule has 1 aromatic carbocycles. The number of benzene rings is 1. The van der Waals surface area contributed by atoms with E-state index in [1.54, 1.807) is 0 Å². The van der Waals surface area contributed by atoms with Gasteiger partial charge in [0.15, 0.2) is 0 Å². The van der Waals surface area contributed by atoms with Crippen molar-refractivity contribution < 1.29 is 4.74 Å². The van der Waals surface area contributed by atoms with E-state index in [1.807, 2.05) is 12.4 Å². The van der Waals surface area contributed by atoms with E-state index in [0.29, 0.717) is 6.10 Å². The van der Waals surface area contributed by atoms with Crippen molar-refractivity contribution >= 4 is 23.2 Å². The molecule has 3 nitrogen and oxygen atoms in total. The summed E-state index contributed by atoms with van der Waals surface area (Å²) in [5.41, 5.74) is 2.46. The minimum Gasteiger partial charge on any atom is -0.490 e. The Morgan fingerprint density at radius 1 is 1.20 bits per heavy atom. The number of ether oxygens (including phenoxy) is 1. The number of aryl methyl sites for hydroxylation is 2. The summed E-state index contributed by atoms with van der Waals surface area (Å²) in [5.74, 6) is 1.03. The molecule has 0 spiro atoms. The Morgan fingerprint density at radius 3 is 2.70 bits per heavy atom. The fraction of sp³-hybridized carbons (Fsp3) is 0.438. The third-order valence-corrected chi connectivity index (χ3v) is 3.95. The SMILES string of the molecule is Cc1cc(OC2CCNCC2)c(C)c2ccncc12.Cl. The van der Waals surface area contributed by atoms with Gasteiger partial charge in [0, 0.05) is 17.8 Å². The molecule has 1 aliphatic heterocycles. The number of nitrogens with one attached hydrogen (secondary N) is 1. The molecule has 2 heterocycles. The van der Waals surface area contributed by atoms with E-state index < -0.39 is 0 Å². The molecule has 0 atom stereocenters. The number of nitrogens with zero attached hydrogens (tertiary/aromatic N) is 1. The van der Waals surface area contributed by atoms with E-state index in [1.165, 1.54) is 21.9 Å². The molecular weight excluding hydrogens is 272 g/mol. The van der Waals surface area contributed by atoms with E-state index in [4.69, 9.17) is 4.74 Å². The van der Waals surface area contributed by atoms with Crippen LogP contribution >= 0.6 is 12.4 Å². The van der Waals surface area contributed by atoms with Crippen molar-refractivity contribution in [2.75, 3.05) is 13.1 Å². The van der Waals surface area contributed by atoms with Crippen LogP contribution in [0.3, 0.4) is 0 Å². The molecule has 0 aliphatic carbocycles. The van der Waals surface area contributed by atoms with Gasteiger partial charge >= 0.3 is 0 Å². The smallest absolute Gasteiger partial charge is 0.123 e. The second-order valence-electron chi connectivity index (χ2n) is 5.31. The van der Waals surface area contributed by atoms with E-state index in [2.05, 4.69) is 36.3 Å². The molecule has 2 aromatic rings. The van der Waals surface area contributed by atoms with E-state index in [9.17, 15) is 0 Å². The topological polar surface area (TPSA) is 34.1 Å². The summed E-state index contributed by atoms with van der Waals surface area (Å²) < 4.78 is 6.21. The van der Waals surface area contributed by atoms with Crippen LogP contribution in [0.5, 0.6) is 5.75 Å². The highest BCUT2D eigenvalue weighted by atomic mass is 35.5. The average molecular weight is 293 g/mol. The molecule has 4 heteroatoms. The first-order chi connectivity index (χ1) is 9.25. The number of hydrogen-bond donors (Lipinski definition) is 1. The molecular formula is C16H21ClN2O. The van der Waals surface area contributed by atoms with Crippen molar-refractivity contribution in [3.8, 4) is 5.75 Å². The fourth-order valence-electron chi connectivity index (χ4n) is 2.77. The van der Waals surface area contributed by atoms with Gasteiger partial charge in [-0.15, -0.1) is 12.4 Å². The van der Waals surface area contributed by atoms with Crippen LogP contribution in [-0.2, 0) is 0 Å². The Hall–Kier alpha value is -1.32. The third kappa shape index (κ3) is 2.89. The summed E-state index contributed by atoms with van der Waals surface area (Å²) in [6, 6.07) is 4.23. The lowest BCUT2D eigenvalue weighted by Gasteiger charge is -2.25. The first-order valence-corrected chi connectivity index (χ1v) is 6.97. The van der Waals surface area contributed by atoms with Crippen LogP contribution in [-0.4, -0.2) is 24.2 Å². The highest BCUT2D eigenvalue weighted by Crippen LogP contribution is 2.31. The summed E-state index contributed by atoms with van der Waals surface area (Å²) in [6.45, 7) is 6.37. The first kappa shape index (κ1) is 15.1. The monoisotopic (exact) mass is 292 g/mol. The Kier molecular flexibility index (Phi) is 4.84. The number of fused-ring (bicyclic) bond motifs is 1. The zero-order valence-electron chi connectivity index (χ0n) is 12.0. The Labute approximate surface area is 126 Å². The molecule has 1 aromatic heterocycles. The quantitative estimate of drug-likeness (QED) is 0.921. The van der Waals surface area contributed by atoms with Crippen molar-refractivity contribution in [1.82, 2.24) is 10.3 Å². The molecule has 20 heavy (non-hydrogen) atoms. The first-order valence-electron chi connectivity index (χ1n) is 6.97. The summed E-state index contributed by atoms with van der Waals surface area (Å²) in [5, 5.41) is 5.84. The molecule has 1 aliphatic rings. The van der Waals surface area contributed by atoms with E-state index >= 15 is 0 Å². The molecule has 0 amide bonds. The van der Waals surface area contributed by atoms with Gasteiger partial charge in [0.05, 0.1) is 0 Å². The lowest BCUT2D eigenvalue weighted by atomic mass is 10.0. The van der Waals surface area contributed by atoms with Crippen molar-refractivity contribution in [2.24, 2.45) is 0 Å². The van der Waals surface area contributed by atoms with Crippen molar-refractivity contribution in [3.63, 3.8) is 0 Å². The van der Waals surface area contributed by atoms with Gasteiger partial charge in [-0.25, -0.2) is 0 Å². The summed E-state index contributed by atoms with van der Waals surface area (Å²) in [6.07, 6.45) is 6.31. The van der Waals surface area contributed by atoms with Crippen molar-refractivity contribution in [1.29, 1.82) is 0 Å². The van der Waals surface area contributed by atoms with Gasteiger partial charge in [-0.3, -0.25) is 4.98 Å². The maximum absolute atomic E-state index is 6.21. The van der Waals surface area contributed by atoms with Gasteiger partial charge in [0.1, 0.15) is 11.9 Å². The van der Waals surface area contributed by atoms with Gasteiger partial charge < -0.3 is 10.1 Å². The number of halogens is 1. The highest BCUT2D eigenvalue weighted by Gasteiger charge is 2.16. The van der Waals surface area contributed by atoms with Crippen LogP contribution < -0.4 is 10.1 Å². The Morgan fingerprint density at radius 2 is 1.95 bits per heavy atom. The van der Waals surface area contributed by atoms with Gasteiger partial charge in [-0.2, -0.15) is 0 Å². The molecule has 0 bridgehead atoms. The van der Waals surface area contributed by atoms with Crippen molar-refractivity contribution in [2.45, 2.75) is 32.8 Å². The van der Waals surface area contributed by atoms with Crippen LogP contribution in [0.15, 0.2) is 24.5 Å². The zero-order valence-corrected chi connectivity index (χ0v) is 12.8. The second-order valence-corrected chi connectivity index (χ2v) is 5.31. The average Bonchev–Trinajstić information content (AvgIpc) is 2.46. The van der Waals surface area contributed by atoms with Gasteiger partial charge in [-0.1, -0.05) is 0 Å².